The second-order valence-electron chi connectivity index (χ2n) is 5.90. The van der Waals surface area contributed by atoms with E-state index in [9.17, 15) is 10.1 Å². The van der Waals surface area contributed by atoms with E-state index in [1.54, 1.807) is 24.3 Å². The number of carbonyl (C=O) groups is 1. The summed E-state index contributed by atoms with van der Waals surface area (Å²) < 4.78 is 10.7. The lowest BCUT2D eigenvalue weighted by atomic mass is 10.2. The van der Waals surface area contributed by atoms with Crippen LogP contribution in [-0.4, -0.2) is 29.6 Å². The minimum Gasteiger partial charge on any atom is -0.485 e. The van der Waals surface area contributed by atoms with E-state index in [-0.39, 0.29) is 18.0 Å². The summed E-state index contributed by atoms with van der Waals surface area (Å²) in [7, 11) is 1.84. The fourth-order valence-corrected chi connectivity index (χ4v) is 3.93. The Morgan fingerprint density at radius 2 is 2.04 bits per heavy atom. The highest BCUT2D eigenvalue weighted by atomic mass is 32.2. The third-order valence-electron chi connectivity index (χ3n) is 4.17. The van der Waals surface area contributed by atoms with Crippen molar-refractivity contribution < 1.29 is 13.9 Å². The molecule has 28 heavy (non-hydrogen) atoms. The second-order valence-corrected chi connectivity index (χ2v) is 6.93. The number of hydrogen-bond acceptors (Lipinski definition) is 8. The summed E-state index contributed by atoms with van der Waals surface area (Å²) in [5.41, 5.74) is 1.81. The lowest BCUT2D eigenvalue weighted by Crippen LogP contribution is -2.19. The number of carbonyl (C=O) groups excluding carboxylic acids is 1. The summed E-state index contributed by atoms with van der Waals surface area (Å²) in [5, 5.41) is 17.6. The van der Waals surface area contributed by atoms with Crippen LogP contribution in [0.2, 0.25) is 0 Å². The zero-order valence-corrected chi connectivity index (χ0v) is 15.6. The molecule has 0 aliphatic carbocycles. The van der Waals surface area contributed by atoms with Crippen LogP contribution in [-0.2, 0) is 4.79 Å². The molecule has 2 aromatic carbocycles. The number of hydrogen-bond donors (Lipinski definition) is 0. The number of anilines is 1. The number of para-hydroxylation sites is 1. The van der Waals surface area contributed by atoms with Gasteiger partial charge >= 0.3 is 0 Å². The summed E-state index contributed by atoms with van der Waals surface area (Å²) >= 11 is 1.41. The molecule has 7 nitrogen and oxygen atoms in total. The minimum atomic E-state index is -0.370. The fraction of sp³-hybridized carbons (Fsp3) is 0.100. The predicted molar refractivity (Wildman–Crippen MR) is 104 cm³/mol. The molecule has 0 bridgehead atoms. The fourth-order valence-electron chi connectivity index (χ4n) is 2.76. The van der Waals surface area contributed by atoms with Gasteiger partial charge in [0.05, 0.1) is 5.69 Å². The van der Waals surface area contributed by atoms with Gasteiger partial charge in [0.2, 0.25) is 18.1 Å². The van der Waals surface area contributed by atoms with Crippen molar-refractivity contribution >= 4 is 23.2 Å². The monoisotopic (exact) mass is 390 g/mol. The molecule has 0 spiro atoms. The molecule has 1 aromatic heterocycles. The average molecular weight is 390 g/mol. The normalized spacial score (nSPS) is 14.4. The van der Waals surface area contributed by atoms with Gasteiger partial charge in [-0.15, -0.1) is 10.2 Å². The number of benzene rings is 2. The minimum absolute atomic E-state index is 0.0891. The van der Waals surface area contributed by atoms with Crippen LogP contribution in [0.1, 0.15) is 0 Å². The highest BCUT2D eigenvalue weighted by molar-refractivity contribution is 8.03. The topological polar surface area (TPSA) is 92.2 Å². The number of nitrogens with zero attached hydrogens (tertiary/aromatic N) is 4. The van der Waals surface area contributed by atoms with Gasteiger partial charge < -0.3 is 14.1 Å². The quantitative estimate of drug-likeness (QED) is 0.481. The Labute approximate surface area is 165 Å². The summed E-state index contributed by atoms with van der Waals surface area (Å²) in [6.07, 6.45) is 1.26. The van der Waals surface area contributed by atoms with Gasteiger partial charge in [-0.1, -0.05) is 23.9 Å². The Kier molecular flexibility index (Phi) is 4.83. The van der Waals surface area contributed by atoms with E-state index in [0.29, 0.717) is 16.7 Å². The van der Waals surface area contributed by atoms with E-state index in [1.165, 1.54) is 18.2 Å². The number of fused-ring (bicyclic) bond motifs is 1. The molecule has 8 heteroatoms. The van der Waals surface area contributed by atoms with Crippen LogP contribution >= 0.6 is 11.8 Å². The Balaban J connectivity index is 1.47. The Morgan fingerprint density at radius 3 is 2.71 bits per heavy atom. The lowest BCUT2D eigenvalue weighted by molar-refractivity contribution is -0.117. The zero-order valence-electron chi connectivity index (χ0n) is 14.8. The Morgan fingerprint density at radius 1 is 1.25 bits per heavy atom. The van der Waals surface area contributed by atoms with Crippen LogP contribution in [0, 0.1) is 11.3 Å². The molecule has 0 amide bonds. The van der Waals surface area contributed by atoms with Crippen molar-refractivity contribution in [2.45, 2.75) is 4.90 Å². The standard InChI is InChI=1S/C20H14N4O3S/c1-24-16-4-2-3-5-18(16)28-20(24)15(10-21)17(25)11-26-14-8-6-13(7-9-14)19-23-22-12-27-19/h2-9,12H,11H2,1H3. The molecular weight excluding hydrogens is 376 g/mol. The van der Waals surface area contributed by atoms with Crippen LogP contribution in [0.3, 0.4) is 0 Å². The van der Waals surface area contributed by atoms with E-state index in [1.807, 2.05) is 42.3 Å². The molecule has 0 saturated heterocycles. The molecule has 1 aliphatic heterocycles. The molecule has 4 rings (SSSR count). The summed E-state index contributed by atoms with van der Waals surface area (Å²) in [6.45, 7) is -0.225. The van der Waals surface area contributed by atoms with Crippen molar-refractivity contribution in [3.8, 4) is 23.3 Å². The van der Waals surface area contributed by atoms with Gasteiger partial charge in [-0.2, -0.15) is 5.26 Å². The molecule has 0 atom stereocenters. The third kappa shape index (κ3) is 3.35. The number of Topliss-reactive ketones (excluding diaryl/α,β-unsaturated/α-hetero) is 1. The van der Waals surface area contributed by atoms with Gasteiger partial charge in [-0.05, 0) is 36.4 Å². The maximum Gasteiger partial charge on any atom is 0.247 e. The van der Waals surface area contributed by atoms with Gasteiger partial charge in [0.25, 0.3) is 0 Å². The smallest absolute Gasteiger partial charge is 0.247 e. The van der Waals surface area contributed by atoms with Gasteiger partial charge in [0.15, 0.2) is 6.61 Å². The SMILES string of the molecule is CN1C(=C(C#N)C(=O)COc2ccc(-c3nnco3)cc2)Sc2ccccc21. The van der Waals surface area contributed by atoms with Crippen molar-refractivity contribution in [1.82, 2.24) is 10.2 Å². The van der Waals surface area contributed by atoms with Crippen LogP contribution in [0.5, 0.6) is 5.75 Å². The summed E-state index contributed by atoms with van der Waals surface area (Å²) in [4.78, 5) is 15.5. The van der Waals surface area contributed by atoms with Crippen molar-refractivity contribution in [3.63, 3.8) is 0 Å². The molecule has 1 aliphatic rings. The highest BCUT2D eigenvalue weighted by Crippen LogP contribution is 2.46. The summed E-state index contributed by atoms with van der Waals surface area (Å²) in [6, 6.07) is 16.7. The maximum atomic E-state index is 12.6. The second kappa shape index (κ2) is 7.58. The van der Waals surface area contributed by atoms with Crippen molar-refractivity contribution in [2.24, 2.45) is 0 Å². The van der Waals surface area contributed by atoms with Crippen LogP contribution in [0.4, 0.5) is 5.69 Å². The molecule has 0 fully saturated rings. The van der Waals surface area contributed by atoms with E-state index >= 15 is 0 Å². The molecule has 2 heterocycles. The molecule has 0 saturated carbocycles. The van der Waals surface area contributed by atoms with Crippen LogP contribution in [0.25, 0.3) is 11.5 Å². The van der Waals surface area contributed by atoms with Crippen LogP contribution < -0.4 is 9.64 Å². The first-order valence-corrected chi connectivity index (χ1v) is 9.16. The molecule has 3 aromatic rings. The first-order valence-electron chi connectivity index (χ1n) is 8.35. The molecule has 0 unspecified atom stereocenters. The molecule has 138 valence electrons. The Bertz CT molecular complexity index is 1090. The van der Waals surface area contributed by atoms with E-state index in [4.69, 9.17) is 9.15 Å². The van der Waals surface area contributed by atoms with Gasteiger partial charge in [-0.25, -0.2) is 0 Å². The number of ether oxygens (including phenoxy) is 1. The first kappa shape index (κ1) is 17.8. The van der Waals surface area contributed by atoms with E-state index < -0.39 is 0 Å². The van der Waals surface area contributed by atoms with Crippen molar-refractivity contribution in [1.29, 1.82) is 5.26 Å². The predicted octanol–water partition coefficient (Wildman–Crippen LogP) is 3.66. The number of ketones is 1. The molecule has 0 N–H and O–H groups in total. The zero-order chi connectivity index (χ0) is 19.5. The number of aromatic nitrogens is 2. The first-order chi connectivity index (χ1) is 13.7. The van der Waals surface area contributed by atoms with Gasteiger partial charge in [0.1, 0.15) is 22.4 Å². The van der Waals surface area contributed by atoms with Crippen molar-refractivity contribution in [3.05, 3.63) is 65.5 Å². The number of nitriles is 1. The maximum absolute atomic E-state index is 12.6. The van der Waals surface area contributed by atoms with Crippen molar-refractivity contribution in [2.75, 3.05) is 18.6 Å². The number of rotatable bonds is 5. The Hall–Kier alpha value is -3.57. The molecular formula is C20H14N4O3S. The number of thioether (sulfide) groups is 1. The van der Waals surface area contributed by atoms with E-state index in [0.717, 1.165) is 16.1 Å². The van der Waals surface area contributed by atoms with Gasteiger partial charge in [-0.3, -0.25) is 4.79 Å². The third-order valence-corrected chi connectivity index (χ3v) is 5.41. The largest absolute Gasteiger partial charge is 0.485 e. The summed E-state index contributed by atoms with van der Waals surface area (Å²) in [5.74, 6) is 0.542. The lowest BCUT2D eigenvalue weighted by Gasteiger charge is -2.14. The molecule has 0 radical (unpaired) electrons. The highest BCUT2D eigenvalue weighted by Gasteiger charge is 2.28. The average Bonchev–Trinajstić information content (AvgIpc) is 3.37. The van der Waals surface area contributed by atoms with Gasteiger partial charge in [0, 0.05) is 17.5 Å². The van der Waals surface area contributed by atoms with Crippen LogP contribution in [0.15, 0.2) is 74.8 Å². The van der Waals surface area contributed by atoms with E-state index in [2.05, 4.69) is 10.2 Å².